The summed E-state index contributed by atoms with van der Waals surface area (Å²) in [4.78, 5) is 21.4. The maximum absolute atomic E-state index is 12.7. The standard InChI is InChI=1S/C24H26BrN3O2/c1-17-4-3-5-21(18(17)2)27-12-14-28(15-13-27)24(29)11-10-23-26-16-22(30-23)19-6-8-20(25)9-7-19/h3-9,16H,10-15H2,1-2H3. The van der Waals surface area contributed by atoms with E-state index in [2.05, 4.69) is 57.9 Å². The number of halogens is 1. The summed E-state index contributed by atoms with van der Waals surface area (Å²) in [6.07, 6.45) is 2.67. The van der Waals surface area contributed by atoms with Crippen molar-refractivity contribution >= 4 is 27.5 Å². The van der Waals surface area contributed by atoms with E-state index in [0.29, 0.717) is 18.7 Å². The fraction of sp³-hybridized carbons (Fsp3) is 0.333. The van der Waals surface area contributed by atoms with E-state index in [0.717, 1.165) is 42.0 Å². The summed E-state index contributed by atoms with van der Waals surface area (Å²) in [5, 5.41) is 0. The number of aryl methyl sites for hydroxylation is 2. The monoisotopic (exact) mass is 467 g/mol. The lowest BCUT2D eigenvalue weighted by molar-refractivity contribution is -0.131. The van der Waals surface area contributed by atoms with Crippen LogP contribution < -0.4 is 4.90 Å². The fourth-order valence-corrected chi connectivity index (χ4v) is 4.08. The molecular weight excluding hydrogens is 442 g/mol. The molecule has 0 aliphatic carbocycles. The number of carbonyl (C=O) groups is 1. The number of aromatic nitrogens is 1. The largest absolute Gasteiger partial charge is 0.441 e. The van der Waals surface area contributed by atoms with Gasteiger partial charge < -0.3 is 14.2 Å². The molecule has 4 rings (SSSR count). The van der Waals surface area contributed by atoms with Gasteiger partial charge in [0.25, 0.3) is 0 Å². The number of rotatable bonds is 5. The molecule has 0 bridgehead atoms. The van der Waals surface area contributed by atoms with Crippen molar-refractivity contribution in [3.05, 3.63) is 70.2 Å². The Kier molecular flexibility index (Phi) is 6.23. The quantitative estimate of drug-likeness (QED) is 0.529. The first-order chi connectivity index (χ1) is 14.5. The highest BCUT2D eigenvalue weighted by Gasteiger charge is 2.22. The van der Waals surface area contributed by atoms with Crippen LogP contribution in [0.1, 0.15) is 23.4 Å². The second kappa shape index (κ2) is 9.04. The minimum atomic E-state index is 0.166. The number of amides is 1. The van der Waals surface area contributed by atoms with Crippen LogP contribution in [-0.4, -0.2) is 42.0 Å². The first-order valence-electron chi connectivity index (χ1n) is 10.3. The molecule has 0 radical (unpaired) electrons. The normalized spacial score (nSPS) is 14.2. The minimum Gasteiger partial charge on any atom is -0.441 e. The van der Waals surface area contributed by atoms with E-state index in [1.54, 1.807) is 6.20 Å². The Labute approximate surface area is 185 Å². The highest BCUT2D eigenvalue weighted by atomic mass is 79.9. The zero-order chi connectivity index (χ0) is 21.1. The third kappa shape index (κ3) is 4.59. The van der Waals surface area contributed by atoms with Crippen molar-refractivity contribution in [1.82, 2.24) is 9.88 Å². The Morgan fingerprint density at radius 2 is 1.80 bits per heavy atom. The van der Waals surface area contributed by atoms with Gasteiger partial charge in [-0.2, -0.15) is 0 Å². The summed E-state index contributed by atoms with van der Waals surface area (Å²) in [5.74, 6) is 1.50. The predicted octanol–water partition coefficient (Wildman–Crippen LogP) is 5.00. The van der Waals surface area contributed by atoms with Crippen LogP contribution in [0.5, 0.6) is 0 Å². The third-order valence-corrected chi connectivity index (χ3v) is 6.31. The van der Waals surface area contributed by atoms with Gasteiger partial charge in [-0.1, -0.05) is 40.2 Å². The number of piperazine rings is 1. The average molecular weight is 468 g/mol. The Morgan fingerprint density at radius 1 is 1.07 bits per heavy atom. The lowest BCUT2D eigenvalue weighted by atomic mass is 10.1. The first kappa shape index (κ1) is 20.7. The van der Waals surface area contributed by atoms with Crippen LogP contribution in [0.25, 0.3) is 11.3 Å². The van der Waals surface area contributed by atoms with E-state index < -0.39 is 0 Å². The molecule has 0 saturated carbocycles. The highest BCUT2D eigenvalue weighted by Crippen LogP contribution is 2.25. The van der Waals surface area contributed by atoms with E-state index >= 15 is 0 Å². The molecule has 2 heterocycles. The number of oxazole rings is 1. The van der Waals surface area contributed by atoms with Gasteiger partial charge in [0.2, 0.25) is 5.91 Å². The summed E-state index contributed by atoms with van der Waals surface area (Å²) in [7, 11) is 0. The fourth-order valence-electron chi connectivity index (χ4n) is 3.82. The molecule has 30 heavy (non-hydrogen) atoms. The minimum absolute atomic E-state index is 0.166. The molecule has 1 aliphatic heterocycles. The zero-order valence-electron chi connectivity index (χ0n) is 17.4. The summed E-state index contributed by atoms with van der Waals surface area (Å²) in [6, 6.07) is 14.3. The van der Waals surface area contributed by atoms with Gasteiger partial charge in [0.15, 0.2) is 11.7 Å². The number of carbonyl (C=O) groups excluding carboxylic acids is 1. The van der Waals surface area contributed by atoms with Gasteiger partial charge in [-0.25, -0.2) is 4.98 Å². The number of hydrogen-bond acceptors (Lipinski definition) is 4. The first-order valence-corrected chi connectivity index (χ1v) is 11.1. The van der Waals surface area contributed by atoms with E-state index in [-0.39, 0.29) is 5.91 Å². The lowest BCUT2D eigenvalue weighted by Crippen LogP contribution is -2.49. The van der Waals surface area contributed by atoms with Crippen molar-refractivity contribution in [3.8, 4) is 11.3 Å². The number of benzene rings is 2. The zero-order valence-corrected chi connectivity index (χ0v) is 19.0. The highest BCUT2D eigenvalue weighted by molar-refractivity contribution is 9.10. The van der Waals surface area contributed by atoms with E-state index in [1.807, 2.05) is 29.2 Å². The van der Waals surface area contributed by atoms with E-state index in [9.17, 15) is 4.79 Å². The Balaban J connectivity index is 1.29. The molecule has 1 saturated heterocycles. The van der Waals surface area contributed by atoms with Gasteiger partial charge in [0, 0.05) is 54.7 Å². The molecule has 2 aromatic carbocycles. The average Bonchev–Trinajstić information content (AvgIpc) is 3.24. The van der Waals surface area contributed by atoms with Gasteiger partial charge in [-0.05, 0) is 43.2 Å². The van der Waals surface area contributed by atoms with Crippen molar-refractivity contribution in [3.63, 3.8) is 0 Å². The van der Waals surface area contributed by atoms with Gasteiger partial charge in [-0.3, -0.25) is 4.79 Å². The van der Waals surface area contributed by atoms with Crippen LogP contribution in [0, 0.1) is 13.8 Å². The second-order valence-corrected chi connectivity index (χ2v) is 8.63. The Hall–Kier alpha value is -2.60. The van der Waals surface area contributed by atoms with Crippen molar-refractivity contribution in [2.75, 3.05) is 31.1 Å². The molecule has 0 spiro atoms. The summed E-state index contributed by atoms with van der Waals surface area (Å²) < 4.78 is 6.86. The SMILES string of the molecule is Cc1cccc(N2CCN(C(=O)CCc3ncc(-c4ccc(Br)cc4)o3)CC2)c1C. The van der Waals surface area contributed by atoms with Gasteiger partial charge in [0.05, 0.1) is 6.20 Å². The molecule has 0 unspecified atom stereocenters. The molecule has 3 aromatic rings. The smallest absolute Gasteiger partial charge is 0.223 e. The molecule has 6 heteroatoms. The maximum Gasteiger partial charge on any atom is 0.223 e. The van der Waals surface area contributed by atoms with Crippen LogP contribution >= 0.6 is 15.9 Å². The van der Waals surface area contributed by atoms with Crippen LogP contribution in [0.2, 0.25) is 0 Å². The topological polar surface area (TPSA) is 49.6 Å². The van der Waals surface area contributed by atoms with Crippen molar-refractivity contribution < 1.29 is 9.21 Å². The van der Waals surface area contributed by atoms with Crippen molar-refractivity contribution in [1.29, 1.82) is 0 Å². The number of hydrogen-bond donors (Lipinski definition) is 0. The van der Waals surface area contributed by atoms with Gasteiger partial charge in [0.1, 0.15) is 0 Å². The summed E-state index contributed by atoms with van der Waals surface area (Å²) in [6.45, 7) is 7.54. The molecule has 1 fully saturated rings. The molecule has 5 nitrogen and oxygen atoms in total. The van der Waals surface area contributed by atoms with E-state index in [4.69, 9.17) is 4.42 Å². The molecule has 1 amide bonds. The summed E-state index contributed by atoms with van der Waals surface area (Å²) in [5.41, 5.74) is 4.88. The van der Waals surface area contributed by atoms with Gasteiger partial charge in [-0.15, -0.1) is 0 Å². The van der Waals surface area contributed by atoms with Crippen molar-refractivity contribution in [2.24, 2.45) is 0 Å². The van der Waals surface area contributed by atoms with Crippen molar-refractivity contribution in [2.45, 2.75) is 26.7 Å². The van der Waals surface area contributed by atoms with Crippen LogP contribution in [-0.2, 0) is 11.2 Å². The predicted molar refractivity (Wildman–Crippen MR) is 123 cm³/mol. The lowest BCUT2D eigenvalue weighted by Gasteiger charge is -2.37. The molecule has 0 atom stereocenters. The molecule has 1 aromatic heterocycles. The van der Waals surface area contributed by atoms with Crippen LogP contribution in [0.3, 0.4) is 0 Å². The van der Waals surface area contributed by atoms with Crippen LogP contribution in [0.4, 0.5) is 5.69 Å². The van der Waals surface area contributed by atoms with Gasteiger partial charge >= 0.3 is 0 Å². The second-order valence-electron chi connectivity index (χ2n) is 7.71. The molecule has 0 N–H and O–H groups in total. The molecular formula is C24H26BrN3O2. The summed E-state index contributed by atoms with van der Waals surface area (Å²) >= 11 is 3.43. The van der Waals surface area contributed by atoms with E-state index in [1.165, 1.54) is 16.8 Å². The number of anilines is 1. The number of nitrogens with zero attached hydrogens (tertiary/aromatic N) is 3. The Morgan fingerprint density at radius 3 is 2.53 bits per heavy atom. The van der Waals surface area contributed by atoms with Crippen LogP contribution in [0.15, 0.2) is 57.6 Å². The Bertz CT molecular complexity index is 1020. The maximum atomic E-state index is 12.7. The molecule has 1 aliphatic rings. The molecule has 156 valence electrons. The third-order valence-electron chi connectivity index (χ3n) is 5.78.